The van der Waals surface area contributed by atoms with E-state index in [0.29, 0.717) is 31.6 Å². The normalized spacial score (nSPS) is 15.6. The molecule has 17 heteroatoms. The number of hydroxylamine groups is 2. The molecule has 1 atom stereocenters. The van der Waals surface area contributed by atoms with Crippen molar-refractivity contribution >= 4 is 61.6 Å². The number of ether oxygens (including phenoxy) is 1. The molecular weight excluding hydrogens is 635 g/mol. The minimum atomic E-state index is -5.16. The van der Waals surface area contributed by atoms with Crippen molar-refractivity contribution in [3.63, 3.8) is 0 Å². The van der Waals surface area contributed by atoms with Crippen molar-refractivity contribution in [1.29, 1.82) is 0 Å². The number of benzene rings is 2. The minimum absolute atomic E-state index is 0.0111. The summed E-state index contributed by atoms with van der Waals surface area (Å²) in [6, 6.07) is 14.2. The standard InChI is InChI=1S/C26H23ClF3N5O6S2/c1-40-19-7-3-6-17-22(19)23(33-43(38,39)21-9-8-20(27)42-21)32-34(17)14-16-5-2-4-15(12-16)13-31-24(36)18-10-11-35(18)41-25(37)26(28,29)30/h2-9,12,18H,10-11,13-14H2,1H3,(H,31,36)(H,32,33)/t18-/m1/s1. The third-order valence-corrected chi connectivity index (χ3v) is 9.56. The van der Waals surface area contributed by atoms with Gasteiger partial charge in [-0.3, -0.25) is 14.2 Å². The maximum atomic E-state index is 13.0. The summed E-state index contributed by atoms with van der Waals surface area (Å²) in [5, 5.41) is 8.34. The van der Waals surface area contributed by atoms with Crippen molar-refractivity contribution in [1.82, 2.24) is 20.2 Å². The Labute approximate surface area is 252 Å². The van der Waals surface area contributed by atoms with Crippen LogP contribution in [-0.2, 0) is 37.5 Å². The maximum Gasteiger partial charge on any atom is 0.492 e. The van der Waals surface area contributed by atoms with Gasteiger partial charge in [0.05, 0.1) is 28.9 Å². The fourth-order valence-electron chi connectivity index (χ4n) is 4.39. The summed E-state index contributed by atoms with van der Waals surface area (Å²) < 4.78 is 73.5. The van der Waals surface area contributed by atoms with Crippen molar-refractivity contribution in [2.75, 3.05) is 18.4 Å². The Hall–Kier alpha value is -3.86. The highest BCUT2D eigenvalue weighted by Crippen LogP contribution is 2.35. The number of alkyl halides is 3. The third-order valence-electron chi connectivity index (χ3n) is 6.50. The van der Waals surface area contributed by atoms with Gasteiger partial charge in [0, 0.05) is 13.1 Å². The number of carbonyl (C=O) groups is 2. The summed E-state index contributed by atoms with van der Waals surface area (Å²) in [6.45, 7) is 0.297. The lowest BCUT2D eigenvalue weighted by atomic mass is 10.1. The van der Waals surface area contributed by atoms with E-state index in [1.54, 1.807) is 41.1 Å². The first-order valence-corrected chi connectivity index (χ1v) is 15.3. The van der Waals surface area contributed by atoms with Gasteiger partial charge in [-0.25, -0.2) is 13.2 Å². The topological polar surface area (TPSA) is 132 Å². The molecular formula is C26H23ClF3N5O6S2. The third kappa shape index (κ3) is 6.71. The Morgan fingerprint density at radius 3 is 2.53 bits per heavy atom. The summed E-state index contributed by atoms with van der Waals surface area (Å²) in [5.74, 6) is -2.49. The molecule has 0 saturated carbocycles. The summed E-state index contributed by atoms with van der Waals surface area (Å²) in [4.78, 5) is 27.9. The van der Waals surface area contributed by atoms with Gasteiger partial charge in [-0.1, -0.05) is 41.9 Å². The minimum Gasteiger partial charge on any atom is -0.496 e. The molecule has 0 unspecified atom stereocenters. The summed E-state index contributed by atoms with van der Waals surface area (Å²) in [5.41, 5.74) is 2.05. The summed E-state index contributed by atoms with van der Waals surface area (Å²) >= 11 is 6.84. The van der Waals surface area contributed by atoms with Crippen LogP contribution in [0.1, 0.15) is 17.5 Å². The smallest absolute Gasteiger partial charge is 0.492 e. The number of halogens is 4. The molecule has 1 saturated heterocycles. The quantitative estimate of drug-likeness (QED) is 0.258. The summed E-state index contributed by atoms with van der Waals surface area (Å²) in [7, 11) is -2.52. The molecule has 43 heavy (non-hydrogen) atoms. The Balaban J connectivity index is 1.31. The van der Waals surface area contributed by atoms with Crippen LogP contribution in [0.5, 0.6) is 5.75 Å². The largest absolute Gasteiger partial charge is 0.496 e. The van der Waals surface area contributed by atoms with Gasteiger partial charge in [-0.05, 0) is 41.8 Å². The number of fused-ring (bicyclic) bond motifs is 1. The van der Waals surface area contributed by atoms with Gasteiger partial charge >= 0.3 is 12.1 Å². The molecule has 1 amide bonds. The van der Waals surface area contributed by atoms with Crippen LogP contribution in [0.25, 0.3) is 10.9 Å². The number of sulfonamides is 1. The van der Waals surface area contributed by atoms with Crippen molar-refractivity contribution in [2.24, 2.45) is 0 Å². The van der Waals surface area contributed by atoms with Gasteiger partial charge in [0.25, 0.3) is 10.0 Å². The number of methoxy groups -OCH3 is 1. The van der Waals surface area contributed by atoms with Crippen LogP contribution < -0.4 is 14.8 Å². The molecule has 0 radical (unpaired) electrons. The molecule has 2 aromatic heterocycles. The number of carbonyl (C=O) groups excluding carboxylic acids is 2. The van der Waals surface area contributed by atoms with Gasteiger partial charge < -0.3 is 14.9 Å². The Kier molecular flexibility index (Phi) is 8.56. The second kappa shape index (κ2) is 12.0. The zero-order valence-corrected chi connectivity index (χ0v) is 24.6. The number of rotatable bonds is 10. The van der Waals surface area contributed by atoms with Crippen LogP contribution in [0.4, 0.5) is 19.0 Å². The molecule has 1 aliphatic heterocycles. The molecule has 1 aliphatic rings. The zero-order valence-electron chi connectivity index (χ0n) is 22.2. The number of nitrogens with zero attached hydrogens (tertiary/aromatic N) is 3. The predicted octanol–water partition coefficient (Wildman–Crippen LogP) is 4.32. The van der Waals surface area contributed by atoms with Crippen molar-refractivity contribution in [3.05, 3.63) is 70.1 Å². The van der Waals surface area contributed by atoms with Crippen LogP contribution in [0.15, 0.2) is 58.8 Å². The van der Waals surface area contributed by atoms with Crippen molar-refractivity contribution in [2.45, 2.75) is 35.9 Å². The summed E-state index contributed by atoms with van der Waals surface area (Å²) in [6.07, 6.45) is -4.93. The van der Waals surface area contributed by atoms with E-state index in [1.165, 1.54) is 19.2 Å². The van der Waals surface area contributed by atoms with Gasteiger partial charge in [-0.2, -0.15) is 18.3 Å². The highest BCUT2D eigenvalue weighted by Gasteiger charge is 2.46. The van der Waals surface area contributed by atoms with Gasteiger partial charge in [0.15, 0.2) is 5.82 Å². The van der Waals surface area contributed by atoms with E-state index in [0.717, 1.165) is 16.9 Å². The van der Waals surface area contributed by atoms with Crippen molar-refractivity contribution in [3.8, 4) is 5.75 Å². The SMILES string of the molecule is COc1cccc2c1c(NS(=O)(=O)c1ccc(Cl)s1)nn2Cc1cccc(CNC(=O)[C@H]2CCN2OC(=O)C(F)(F)F)c1. The number of nitrogens with one attached hydrogen (secondary N) is 2. The molecule has 2 N–H and O–H groups in total. The maximum absolute atomic E-state index is 13.0. The Morgan fingerprint density at radius 2 is 1.88 bits per heavy atom. The van der Waals surface area contributed by atoms with E-state index in [-0.39, 0.29) is 36.1 Å². The lowest BCUT2D eigenvalue weighted by molar-refractivity contribution is -0.261. The number of hydrogen-bond donors (Lipinski definition) is 2. The number of anilines is 1. The van der Waals surface area contributed by atoms with E-state index < -0.39 is 34.1 Å². The van der Waals surface area contributed by atoms with Gasteiger partial charge in [-0.15, -0.1) is 16.4 Å². The van der Waals surface area contributed by atoms with Crippen LogP contribution in [-0.4, -0.2) is 61.0 Å². The van der Waals surface area contributed by atoms with E-state index in [9.17, 15) is 31.2 Å². The van der Waals surface area contributed by atoms with Crippen LogP contribution in [0.2, 0.25) is 4.34 Å². The van der Waals surface area contributed by atoms with Crippen LogP contribution in [0, 0.1) is 0 Å². The number of aromatic nitrogens is 2. The Bertz CT molecular complexity index is 1790. The average Bonchev–Trinajstić information content (AvgIpc) is 3.53. The van der Waals surface area contributed by atoms with Crippen LogP contribution in [0.3, 0.4) is 0 Å². The first-order chi connectivity index (χ1) is 20.4. The fraction of sp³-hybridized carbons (Fsp3) is 0.269. The van der Waals surface area contributed by atoms with E-state index in [2.05, 4.69) is 20.0 Å². The van der Waals surface area contributed by atoms with Gasteiger partial charge in [0.2, 0.25) is 5.91 Å². The molecule has 4 aromatic rings. The van der Waals surface area contributed by atoms with Crippen molar-refractivity contribution < 1.29 is 40.8 Å². The van der Waals surface area contributed by atoms with E-state index >= 15 is 0 Å². The molecule has 5 rings (SSSR count). The highest BCUT2D eigenvalue weighted by atomic mass is 35.5. The Morgan fingerprint density at radius 1 is 1.14 bits per heavy atom. The molecule has 0 bridgehead atoms. The first-order valence-electron chi connectivity index (χ1n) is 12.6. The predicted molar refractivity (Wildman–Crippen MR) is 151 cm³/mol. The van der Waals surface area contributed by atoms with E-state index in [1.807, 2.05) is 6.07 Å². The lowest BCUT2D eigenvalue weighted by Gasteiger charge is -2.37. The second-order valence-corrected chi connectivity index (χ2v) is 13.0. The number of hydrogen-bond acceptors (Lipinski definition) is 9. The first kappa shape index (κ1) is 30.6. The molecule has 228 valence electrons. The fourth-order valence-corrected chi connectivity index (χ4v) is 6.88. The van der Waals surface area contributed by atoms with Gasteiger partial charge in [0.1, 0.15) is 16.0 Å². The highest BCUT2D eigenvalue weighted by molar-refractivity contribution is 7.94. The monoisotopic (exact) mass is 657 g/mol. The molecule has 1 fully saturated rings. The number of amides is 1. The zero-order chi connectivity index (χ0) is 30.9. The molecule has 0 spiro atoms. The average molecular weight is 658 g/mol. The molecule has 0 aliphatic carbocycles. The second-order valence-electron chi connectivity index (χ2n) is 9.38. The number of thiophene rings is 1. The van der Waals surface area contributed by atoms with Crippen LogP contribution >= 0.6 is 22.9 Å². The molecule has 3 heterocycles. The molecule has 11 nitrogen and oxygen atoms in total. The lowest BCUT2D eigenvalue weighted by Crippen LogP contribution is -2.57. The molecule has 2 aromatic carbocycles. The van der Waals surface area contributed by atoms with E-state index in [4.69, 9.17) is 16.3 Å².